The normalized spacial score (nSPS) is 11.7. The van der Waals surface area contributed by atoms with Crippen molar-refractivity contribution in [3.8, 4) is 10.4 Å². The molecule has 0 radical (unpaired) electrons. The Morgan fingerprint density at radius 1 is 1.26 bits per heavy atom. The van der Waals surface area contributed by atoms with Crippen LogP contribution in [0, 0.1) is 12.7 Å². The molecule has 0 saturated carbocycles. The molecular formula is C19H27FN4O5S2. The average Bonchev–Trinajstić information content (AvgIpc) is 3.04. The summed E-state index contributed by atoms with van der Waals surface area (Å²) in [5.74, 6) is -0.826. The standard InChI is InChI=1S/C19H27FN4O5S2/c1-5-28-24(29-6-2)11-7-10-21-18(25)23-19-22-13(3)17(30-19)14-8-9-16(15(20)12-14)31(4,26)27/h8-9,12H,5-7,10-11H2,1-4H3,(H2,21,22,23,25). The largest absolute Gasteiger partial charge is 0.338 e. The molecule has 1 heterocycles. The van der Waals surface area contributed by atoms with Gasteiger partial charge in [-0.15, -0.1) is 0 Å². The third-order valence-corrected chi connectivity index (χ3v) is 6.21. The van der Waals surface area contributed by atoms with E-state index in [0.717, 1.165) is 12.3 Å². The Kier molecular flexibility index (Phi) is 9.32. The number of nitrogens with one attached hydrogen (secondary N) is 2. The van der Waals surface area contributed by atoms with Crippen molar-refractivity contribution in [2.45, 2.75) is 32.1 Å². The van der Waals surface area contributed by atoms with E-state index < -0.39 is 21.7 Å². The number of anilines is 1. The van der Waals surface area contributed by atoms with E-state index in [-0.39, 0.29) is 4.90 Å². The van der Waals surface area contributed by atoms with Crippen molar-refractivity contribution in [1.29, 1.82) is 0 Å². The lowest BCUT2D eigenvalue weighted by atomic mass is 10.1. The number of carbonyl (C=O) groups excluding carboxylic acids is 1. The fourth-order valence-electron chi connectivity index (χ4n) is 2.67. The van der Waals surface area contributed by atoms with E-state index in [1.54, 1.807) is 6.92 Å². The Bertz CT molecular complexity index is 991. The van der Waals surface area contributed by atoms with Gasteiger partial charge in [-0.1, -0.05) is 22.6 Å². The summed E-state index contributed by atoms with van der Waals surface area (Å²) < 4.78 is 37.4. The number of hydrogen-bond donors (Lipinski definition) is 2. The van der Waals surface area contributed by atoms with Gasteiger partial charge in [-0.05, 0) is 44.9 Å². The summed E-state index contributed by atoms with van der Waals surface area (Å²) >= 11 is 1.17. The van der Waals surface area contributed by atoms with E-state index in [9.17, 15) is 17.6 Å². The Morgan fingerprint density at radius 2 is 1.94 bits per heavy atom. The number of carbonyl (C=O) groups is 1. The van der Waals surface area contributed by atoms with Crippen molar-refractivity contribution in [1.82, 2.24) is 15.5 Å². The molecule has 2 rings (SSSR count). The van der Waals surface area contributed by atoms with Gasteiger partial charge < -0.3 is 5.32 Å². The predicted octanol–water partition coefficient (Wildman–Crippen LogP) is 3.38. The van der Waals surface area contributed by atoms with Crippen LogP contribution in [0.5, 0.6) is 0 Å². The van der Waals surface area contributed by atoms with Gasteiger partial charge in [0.05, 0.1) is 30.3 Å². The summed E-state index contributed by atoms with van der Waals surface area (Å²) in [7, 11) is -3.65. The van der Waals surface area contributed by atoms with E-state index in [0.29, 0.717) is 54.0 Å². The maximum absolute atomic E-state index is 14.2. The van der Waals surface area contributed by atoms with Crippen molar-refractivity contribution in [3.63, 3.8) is 0 Å². The van der Waals surface area contributed by atoms with Gasteiger partial charge in [0.2, 0.25) is 0 Å². The fraction of sp³-hybridized carbons (Fsp3) is 0.474. The van der Waals surface area contributed by atoms with E-state index in [4.69, 9.17) is 9.68 Å². The molecule has 0 spiro atoms. The molecule has 0 aliphatic rings. The van der Waals surface area contributed by atoms with Crippen LogP contribution in [-0.4, -0.2) is 57.2 Å². The van der Waals surface area contributed by atoms with Gasteiger partial charge in [0, 0.05) is 12.8 Å². The summed E-state index contributed by atoms with van der Waals surface area (Å²) in [5.41, 5.74) is 1.08. The molecule has 2 N–H and O–H groups in total. The molecule has 0 atom stereocenters. The predicted molar refractivity (Wildman–Crippen MR) is 117 cm³/mol. The number of benzene rings is 1. The van der Waals surface area contributed by atoms with Crippen LogP contribution in [0.3, 0.4) is 0 Å². The summed E-state index contributed by atoms with van der Waals surface area (Å²) in [6, 6.07) is 3.49. The van der Waals surface area contributed by atoms with Gasteiger partial charge in [-0.3, -0.25) is 15.0 Å². The van der Waals surface area contributed by atoms with Crippen LogP contribution in [0.4, 0.5) is 14.3 Å². The first-order chi connectivity index (χ1) is 14.7. The molecule has 2 aromatic rings. The molecule has 12 heteroatoms. The third kappa shape index (κ3) is 7.51. The molecular weight excluding hydrogens is 447 g/mol. The minimum absolute atomic E-state index is 0.350. The second-order valence-electron chi connectivity index (χ2n) is 6.48. The molecule has 0 aliphatic carbocycles. The molecule has 0 bridgehead atoms. The number of hydroxylamine groups is 2. The van der Waals surface area contributed by atoms with Crippen molar-refractivity contribution in [2.75, 3.05) is 37.9 Å². The third-order valence-electron chi connectivity index (χ3n) is 3.96. The topological polar surface area (TPSA) is 110 Å². The molecule has 172 valence electrons. The van der Waals surface area contributed by atoms with Crippen LogP contribution in [0.2, 0.25) is 0 Å². The van der Waals surface area contributed by atoms with Crippen molar-refractivity contribution >= 4 is 32.3 Å². The van der Waals surface area contributed by atoms with Crippen LogP contribution in [0.25, 0.3) is 10.4 Å². The molecule has 31 heavy (non-hydrogen) atoms. The molecule has 1 aromatic heterocycles. The van der Waals surface area contributed by atoms with E-state index in [2.05, 4.69) is 15.6 Å². The van der Waals surface area contributed by atoms with Gasteiger partial charge in [-0.25, -0.2) is 22.6 Å². The summed E-state index contributed by atoms with van der Waals surface area (Å²) in [6.07, 6.45) is 1.57. The molecule has 0 saturated heterocycles. The van der Waals surface area contributed by atoms with E-state index >= 15 is 0 Å². The highest BCUT2D eigenvalue weighted by atomic mass is 32.2. The highest BCUT2D eigenvalue weighted by Gasteiger charge is 2.17. The van der Waals surface area contributed by atoms with Gasteiger partial charge >= 0.3 is 6.03 Å². The number of nitrogens with zero attached hydrogens (tertiary/aromatic N) is 2. The molecule has 0 fully saturated rings. The van der Waals surface area contributed by atoms with Gasteiger partial charge in [0.15, 0.2) is 15.0 Å². The maximum atomic E-state index is 14.2. The average molecular weight is 475 g/mol. The summed E-state index contributed by atoms with van der Waals surface area (Å²) in [6.45, 7) is 7.32. The number of sulfone groups is 1. The van der Waals surface area contributed by atoms with Gasteiger partial charge in [0.1, 0.15) is 10.7 Å². The van der Waals surface area contributed by atoms with Crippen LogP contribution < -0.4 is 10.6 Å². The van der Waals surface area contributed by atoms with Crippen LogP contribution in [0.1, 0.15) is 26.0 Å². The number of thiazole rings is 1. The Labute approximate surface area is 185 Å². The number of rotatable bonds is 11. The number of amides is 2. The number of urea groups is 1. The van der Waals surface area contributed by atoms with Gasteiger partial charge in [-0.2, -0.15) is 0 Å². The van der Waals surface area contributed by atoms with Crippen molar-refractivity contribution in [3.05, 3.63) is 29.7 Å². The molecule has 9 nitrogen and oxygen atoms in total. The van der Waals surface area contributed by atoms with Crippen LogP contribution in [0.15, 0.2) is 23.1 Å². The highest BCUT2D eigenvalue weighted by molar-refractivity contribution is 7.90. The Hall–Kier alpha value is -2.12. The van der Waals surface area contributed by atoms with Crippen molar-refractivity contribution < 1.29 is 27.3 Å². The zero-order valence-corrected chi connectivity index (χ0v) is 19.5. The van der Waals surface area contributed by atoms with Crippen LogP contribution in [-0.2, 0) is 19.5 Å². The first-order valence-electron chi connectivity index (χ1n) is 9.71. The Morgan fingerprint density at radius 3 is 2.52 bits per heavy atom. The summed E-state index contributed by atoms with van der Waals surface area (Å²) in [5, 5.41) is 7.12. The number of aromatic nitrogens is 1. The molecule has 1 aromatic carbocycles. The zero-order chi connectivity index (χ0) is 23.0. The van der Waals surface area contributed by atoms with E-state index in [1.807, 2.05) is 13.8 Å². The minimum Gasteiger partial charge on any atom is -0.338 e. The zero-order valence-electron chi connectivity index (χ0n) is 17.9. The lowest BCUT2D eigenvalue weighted by Crippen LogP contribution is -2.32. The Balaban J connectivity index is 1.94. The molecule has 0 aliphatic heterocycles. The van der Waals surface area contributed by atoms with Gasteiger partial charge in [0.25, 0.3) is 0 Å². The smallest absolute Gasteiger partial charge is 0.321 e. The second kappa shape index (κ2) is 11.5. The monoisotopic (exact) mass is 474 g/mol. The second-order valence-corrected chi connectivity index (χ2v) is 9.46. The number of hydrogen-bond acceptors (Lipinski definition) is 8. The van der Waals surface area contributed by atoms with Crippen LogP contribution >= 0.6 is 11.3 Å². The lowest BCUT2D eigenvalue weighted by molar-refractivity contribution is -0.364. The SMILES string of the molecule is CCON(CCCNC(=O)Nc1nc(C)c(-c2ccc(S(C)(=O)=O)c(F)c2)s1)OCC. The number of aryl methyl sites for hydroxylation is 1. The number of halogens is 1. The lowest BCUT2D eigenvalue weighted by Gasteiger charge is -2.19. The highest BCUT2D eigenvalue weighted by Crippen LogP contribution is 2.34. The molecule has 0 unspecified atom stereocenters. The first kappa shape index (κ1) is 25.1. The summed E-state index contributed by atoms with van der Waals surface area (Å²) in [4.78, 5) is 27.3. The quantitative estimate of drug-likeness (QED) is 0.379. The minimum atomic E-state index is -3.65. The first-order valence-corrected chi connectivity index (χ1v) is 12.4. The van der Waals surface area contributed by atoms with Crippen molar-refractivity contribution in [2.24, 2.45) is 0 Å². The maximum Gasteiger partial charge on any atom is 0.321 e. The fourth-order valence-corrected chi connectivity index (χ4v) is 4.35. The molecule has 2 amide bonds. The van der Waals surface area contributed by atoms with E-state index in [1.165, 1.54) is 28.7 Å².